The van der Waals surface area contributed by atoms with E-state index >= 15 is 0 Å². The third kappa shape index (κ3) is 4.55. The van der Waals surface area contributed by atoms with Crippen molar-refractivity contribution in [2.45, 2.75) is 83.9 Å². The molecule has 2 aromatic rings. The number of fused-ring (bicyclic) bond motifs is 1. The van der Waals surface area contributed by atoms with Gasteiger partial charge in [-0.1, -0.05) is 44.9 Å². The first-order valence-electron chi connectivity index (χ1n) is 11.0. The summed E-state index contributed by atoms with van der Waals surface area (Å²) in [6.07, 6.45) is 6.05. The molecule has 5 nitrogen and oxygen atoms in total. The standard InChI is InChI=1S/C24H34N4O/c1-16(2)23-26-21(25-20-7-5-6-8-20)14-22(27-23)28-12-11-17-13-19(24(3,4)29)10-9-18(17)15-28/h9-10,13-14,16,20,29H,5-8,11-12,15H2,1-4H3,(H,25,26,27). The molecule has 1 aromatic carbocycles. The van der Waals surface area contributed by atoms with Crippen LogP contribution in [0.2, 0.25) is 0 Å². The van der Waals surface area contributed by atoms with Crippen molar-refractivity contribution in [3.8, 4) is 0 Å². The van der Waals surface area contributed by atoms with E-state index in [0.717, 1.165) is 42.5 Å². The molecule has 0 bridgehead atoms. The van der Waals surface area contributed by atoms with Gasteiger partial charge in [0.25, 0.3) is 0 Å². The molecule has 2 aliphatic rings. The largest absolute Gasteiger partial charge is 0.386 e. The van der Waals surface area contributed by atoms with E-state index in [1.54, 1.807) is 0 Å². The Hall–Kier alpha value is -2.14. The first-order valence-corrected chi connectivity index (χ1v) is 11.0. The minimum Gasteiger partial charge on any atom is -0.386 e. The van der Waals surface area contributed by atoms with E-state index < -0.39 is 5.60 Å². The Bertz CT molecular complexity index is 866. The SMILES string of the molecule is CC(C)c1nc(NC2CCCC2)cc(N2CCc3cc(C(C)(C)O)ccc3C2)n1. The maximum absolute atomic E-state index is 10.3. The summed E-state index contributed by atoms with van der Waals surface area (Å²) < 4.78 is 0. The van der Waals surface area contributed by atoms with Gasteiger partial charge in [-0.3, -0.25) is 0 Å². The summed E-state index contributed by atoms with van der Waals surface area (Å²) in [4.78, 5) is 12.1. The molecule has 0 atom stereocenters. The fourth-order valence-corrected chi connectivity index (χ4v) is 4.36. The van der Waals surface area contributed by atoms with Crippen LogP contribution in [0.1, 0.15) is 81.8 Å². The van der Waals surface area contributed by atoms with Gasteiger partial charge in [0.15, 0.2) is 0 Å². The van der Waals surface area contributed by atoms with Crippen LogP contribution in [0.15, 0.2) is 24.3 Å². The van der Waals surface area contributed by atoms with Gasteiger partial charge in [0, 0.05) is 31.1 Å². The van der Waals surface area contributed by atoms with Gasteiger partial charge in [-0.25, -0.2) is 9.97 Å². The minimum absolute atomic E-state index is 0.297. The average Bonchev–Trinajstić information content (AvgIpc) is 3.19. The number of aromatic nitrogens is 2. The third-order valence-electron chi connectivity index (χ3n) is 6.20. The van der Waals surface area contributed by atoms with Crippen molar-refractivity contribution >= 4 is 11.6 Å². The normalized spacial score (nSPS) is 17.7. The molecule has 0 saturated heterocycles. The van der Waals surface area contributed by atoms with Gasteiger partial charge in [-0.15, -0.1) is 0 Å². The van der Waals surface area contributed by atoms with Crippen LogP contribution < -0.4 is 10.2 Å². The van der Waals surface area contributed by atoms with Gasteiger partial charge in [-0.05, 0) is 49.8 Å². The molecule has 2 N–H and O–H groups in total. The Balaban J connectivity index is 1.58. The molecule has 156 valence electrons. The van der Waals surface area contributed by atoms with E-state index in [1.807, 2.05) is 13.8 Å². The number of hydrogen-bond donors (Lipinski definition) is 2. The summed E-state index contributed by atoms with van der Waals surface area (Å²) in [5, 5.41) is 14.0. The van der Waals surface area contributed by atoms with Crippen LogP contribution in [0, 0.1) is 0 Å². The quantitative estimate of drug-likeness (QED) is 0.767. The average molecular weight is 395 g/mol. The predicted molar refractivity (Wildman–Crippen MR) is 118 cm³/mol. The van der Waals surface area contributed by atoms with E-state index in [-0.39, 0.29) is 0 Å². The van der Waals surface area contributed by atoms with Crippen LogP contribution >= 0.6 is 0 Å². The number of anilines is 2. The van der Waals surface area contributed by atoms with Crippen LogP contribution in [0.5, 0.6) is 0 Å². The van der Waals surface area contributed by atoms with Crippen molar-refractivity contribution in [2.24, 2.45) is 0 Å². The minimum atomic E-state index is -0.800. The second-order valence-electron chi connectivity index (χ2n) is 9.46. The highest BCUT2D eigenvalue weighted by molar-refractivity contribution is 5.52. The molecule has 1 saturated carbocycles. The topological polar surface area (TPSA) is 61.3 Å². The molecule has 0 unspecified atom stereocenters. The Morgan fingerprint density at radius 2 is 1.86 bits per heavy atom. The van der Waals surface area contributed by atoms with Gasteiger partial charge in [0.05, 0.1) is 5.60 Å². The summed E-state index contributed by atoms with van der Waals surface area (Å²) in [7, 11) is 0. The molecular weight excluding hydrogens is 360 g/mol. The lowest BCUT2D eigenvalue weighted by Crippen LogP contribution is -2.32. The van der Waals surface area contributed by atoms with Crippen LogP contribution in [0.25, 0.3) is 0 Å². The maximum Gasteiger partial charge on any atom is 0.135 e. The highest BCUT2D eigenvalue weighted by atomic mass is 16.3. The second-order valence-corrected chi connectivity index (χ2v) is 9.46. The third-order valence-corrected chi connectivity index (χ3v) is 6.20. The number of nitrogens with zero attached hydrogens (tertiary/aromatic N) is 3. The Morgan fingerprint density at radius 3 is 2.55 bits per heavy atom. The smallest absolute Gasteiger partial charge is 0.135 e. The summed E-state index contributed by atoms with van der Waals surface area (Å²) in [5.41, 5.74) is 2.84. The molecule has 1 aliphatic heterocycles. The molecular formula is C24H34N4O. The Morgan fingerprint density at radius 1 is 1.10 bits per heavy atom. The van der Waals surface area contributed by atoms with Crippen molar-refractivity contribution in [3.05, 3.63) is 46.8 Å². The molecule has 0 spiro atoms. The van der Waals surface area contributed by atoms with E-state index in [4.69, 9.17) is 9.97 Å². The fraction of sp³-hybridized carbons (Fsp3) is 0.583. The maximum atomic E-state index is 10.3. The van der Waals surface area contributed by atoms with Crippen molar-refractivity contribution < 1.29 is 5.11 Å². The van der Waals surface area contributed by atoms with E-state index in [9.17, 15) is 5.11 Å². The summed E-state index contributed by atoms with van der Waals surface area (Å²) in [6, 6.07) is 9.05. The van der Waals surface area contributed by atoms with Gasteiger partial charge in [0.2, 0.25) is 0 Å². The highest BCUT2D eigenvalue weighted by Crippen LogP contribution is 2.30. The Labute approximate surface area is 174 Å². The summed E-state index contributed by atoms with van der Waals surface area (Å²) in [5.74, 6) is 3.19. The second kappa shape index (κ2) is 7.94. The van der Waals surface area contributed by atoms with Crippen molar-refractivity contribution in [1.82, 2.24) is 9.97 Å². The molecule has 4 rings (SSSR count). The molecule has 1 aromatic heterocycles. The van der Waals surface area contributed by atoms with Gasteiger partial charge < -0.3 is 15.3 Å². The highest BCUT2D eigenvalue weighted by Gasteiger charge is 2.23. The first-order chi connectivity index (χ1) is 13.8. The molecule has 0 amide bonds. The molecule has 5 heteroatoms. The molecule has 1 aliphatic carbocycles. The van der Waals surface area contributed by atoms with E-state index in [0.29, 0.717) is 12.0 Å². The Kier molecular flexibility index (Phi) is 5.52. The lowest BCUT2D eigenvalue weighted by Gasteiger charge is -2.31. The van der Waals surface area contributed by atoms with Crippen molar-refractivity contribution in [2.75, 3.05) is 16.8 Å². The number of nitrogens with one attached hydrogen (secondary N) is 1. The summed E-state index contributed by atoms with van der Waals surface area (Å²) in [6.45, 7) is 9.77. The zero-order valence-corrected chi connectivity index (χ0v) is 18.2. The summed E-state index contributed by atoms with van der Waals surface area (Å²) >= 11 is 0. The first kappa shape index (κ1) is 20.1. The van der Waals surface area contributed by atoms with Gasteiger partial charge in [-0.2, -0.15) is 0 Å². The van der Waals surface area contributed by atoms with Crippen LogP contribution in [-0.2, 0) is 18.6 Å². The molecule has 29 heavy (non-hydrogen) atoms. The fourth-order valence-electron chi connectivity index (χ4n) is 4.36. The van der Waals surface area contributed by atoms with E-state index in [1.165, 1.54) is 36.8 Å². The molecule has 2 heterocycles. The van der Waals surface area contributed by atoms with Gasteiger partial charge >= 0.3 is 0 Å². The van der Waals surface area contributed by atoms with Crippen LogP contribution in [0.3, 0.4) is 0 Å². The monoisotopic (exact) mass is 394 g/mol. The van der Waals surface area contributed by atoms with Gasteiger partial charge in [0.1, 0.15) is 17.5 Å². The predicted octanol–water partition coefficient (Wildman–Crippen LogP) is 4.74. The number of aliphatic hydroxyl groups is 1. The number of rotatable bonds is 5. The van der Waals surface area contributed by atoms with E-state index in [2.05, 4.69) is 48.3 Å². The number of hydrogen-bond acceptors (Lipinski definition) is 5. The lowest BCUT2D eigenvalue weighted by atomic mass is 9.91. The molecule has 1 fully saturated rings. The lowest BCUT2D eigenvalue weighted by molar-refractivity contribution is 0.0785. The van der Waals surface area contributed by atoms with Crippen LogP contribution in [-0.4, -0.2) is 27.7 Å². The van der Waals surface area contributed by atoms with Crippen LogP contribution in [0.4, 0.5) is 11.6 Å². The zero-order chi connectivity index (χ0) is 20.6. The van der Waals surface area contributed by atoms with Crippen molar-refractivity contribution in [1.29, 1.82) is 0 Å². The van der Waals surface area contributed by atoms with Crippen molar-refractivity contribution in [3.63, 3.8) is 0 Å². The molecule has 0 radical (unpaired) electrons. The zero-order valence-electron chi connectivity index (χ0n) is 18.2. The number of benzene rings is 1.